The Kier molecular flexibility index (Phi) is 7.04. The second-order valence-electron chi connectivity index (χ2n) is 3.02. The number of nitrogens with two attached hydrogens (primary N) is 1. The van der Waals surface area contributed by atoms with Crippen molar-refractivity contribution in [2.75, 3.05) is 6.54 Å². The van der Waals surface area contributed by atoms with E-state index in [4.69, 9.17) is 5.73 Å². The summed E-state index contributed by atoms with van der Waals surface area (Å²) in [5, 5.41) is 0. The van der Waals surface area contributed by atoms with Gasteiger partial charge in [-0.15, -0.1) is 0 Å². The average molecular weight is 143 g/mol. The Bertz CT molecular complexity index is 47.5. The van der Waals surface area contributed by atoms with Crippen molar-refractivity contribution < 1.29 is 0 Å². The van der Waals surface area contributed by atoms with Gasteiger partial charge in [-0.2, -0.15) is 0 Å². The molecule has 0 aromatic carbocycles. The van der Waals surface area contributed by atoms with E-state index in [-0.39, 0.29) is 0 Å². The third-order valence-corrected chi connectivity index (χ3v) is 1.97. The van der Waals surface area contributed by atoms with Gasteiger partial charge in [0, 0.05) is 0 Å². The lowest BCUT2D eigenvalue weighted by atomic mass is 9.95. The molecule has 0 atom stereocenters. The first-order chi connectivity index (χ1) is 4.85. The number of rotatable bonds is 6. The molecule has 0 spiro atoms. The van der Waals surface area contributed by atoms with Crippen LogP contribution in [0.3, 0.4) is 0 Å². The standard InChI is InChI=1S/C9H21N/c1-3-5-9(6-4-2)7-8-10/h9H,3-8,10H2,1-2H3. The molecule has 62 valence electrons. The van der Waals surface area contributed by atoms with Crippen LogP contribution in [0.5, 0.6) is 0 Å². The Morgan fingerprint density at radius 3 is 1.80 bits per heavy atom. The maximum Gasteiger partial charge on any atom is -0.00746 e. The van der Waals surface area contributed by atoms with Crippen LogP contribution in [0.2, 0.25) is 0 Å². The van der Waals surface area contributed by atoms with Gasteiger partial charge in [-0.05, 0) is 18.9 Å². The van der Waals surface area contributed by atoms with E-state index in [2.05, 4.69) is 13.8 Å². The van der Waals surface area contributed by atoms with Crippen molar-refractivity contribution in [1.82, 2.24) is 0 Å². The summed E-state index contributed by atoms with van der Waals surface area (Å²) in [5.41, 5.74) is 5.49. The largest absolute Gasteiger partial charge is 0.330 e. The smallest absolute Gasteiger partial charge is 0.00746 e. The van der Waals surface area contributed by atoms with E-state index in [9.17, 15) is 0 Å². The maximum absolute atomic E-state index is 5.49. The predicted molar refractivity (Wildman–Crippen MR) is 47.0 cm³/mol. The van der Waals surface area contributed by atoms with E-state index in [0.717, 1.165) is 12.5 Å². The van der Waals surface area contributed by atoms with E-state index in [0.29, 0.717) is 0 Å². The van der Waals surface area contributed by atoms with Crippen LogP contribution in [0.15, 0.2) is 0 Å². The van der Waals surface area contributed by atoms with Gasteiger partial charge in [0.1, 0.15) is 0 Å². The molecule has 0 saturated heterocycles. The molecule has 0 aliphatic rings. The summed E-state index contributed by atoms with van der Waals surface area (Å²) in [5.74, 6) is 0.903. The van der Waals surface area contributed by atoms with Gasteiger partial charge in [-0.3, -0.25) is 0 Å². The summed E-state index contributed by atoms with van der Waals surface area (Å²) in [6.45, 7) is 5.36. The Hall–Kier alpha value is -0.0400. The van der Waals surface area contributed by atoms with Crippen LogP contribution in [-0.4, -0.2) is 6.54 Å². The minimum atomic E-state index is 0.866. The lowest BCUT2D eigenvalue weighted by Crippen LogP contribution is -2.08. The highest BCUT2D eigenvalue weighted by molar-refractivity contribution is 4.58. The first-order valence-corrected chi connectivity index (χ1v) is 4.55. The molecule has 1 nitrogen and oxygen atoms in total. The highest BCUT2D eigenvalue weighted by Gasteiger charge is 2.03. The predicted octanol–water partition coefficient (Wildman–Crippen LogP) is 2.55. The molecule has 0 aliphatic carbocycles. The van der Waals surface area contributed by atoms with Crippen LogP contribution in [-0.2, 0) is 0 Å². The molecular weight excluding hydrogens is 122 g/mol. The second-order valence-corrected chi connectivity index (χ2v) is 3.02. The quantitative estimate of drug-likeness (QED) is 0.607. The molecule has 0 aliphatic heterocycles. The minimum absolute atomic E-state index is 0.866. The van der Waals surface area contributed by atoms with E-state index >= 15 is 0 Å². The molecule has 0 saturated carbocycles. The molecule has 0 amide bonds. The average Bonchev–Trinajstić information content (AvgIpc) is 1.90. The van der Waals surface area contributed by atoms with Crippen LogP contribution in [0.25, 0.3) is 0 Å². The van der Waals surface area contributed by atoms with Crippen molar-refractivity contribution in [1.29, 1.82) is 0 Å². The van der Waals surface area contributed by atoms with Crippen LogP contribution >= 0.6 is 0 Å². The molecule has 0 fully saturated rings. The minimum Gasteiger partial charge on any atom is -0.330 e. The third-order valence-electron chi connectivity index (χ3n) is 1.97. The van der Waals surface area contributed by atoms with Gasteiger partial charge < -0.3 is 5.73 Å². The van der Waals surface area contributed by atoms with Crippen molar-refractivity contribution in [3.8, 4) is 0 Å². The van der Waals surface area contributed by atoms with Crippen LogP contribution in [0.4, 0.5) is 0 Å². The van der Waals surface area contributed by atoms with Gasteiger partial charge >= 0.3 is 0 Å². The van der Waals surface area contributed by atoms with Crippen molar-refractivity contribution in [2.45, 2.75) is 46.0 Å². The van der Waals surface area contributed by atoms with E-state index in [1.54, 1.807) is 0 Å². The van der Waals surface area contributed by atoms with E-state index in [1.807, 2.05) is 0 Å². The summed E-state index contributed by atoms with van der Waals surface area (Å²) in [7, 11) is 0. The van der Waals surface area contributed by atoms with Crippen LogP contribution < -0.4 is 5.73 Å². The molecule has 0 unspecified atom stereocenters. The van der Waals surface area contributed by atoms with Crippen molar-refractivity contribution in [3.63, 3.8) is 0 Å². The normalized spacial score (nSPS) is 10.8. The summed E-state index contributed by atoms with van der Waals surface area (Å²) in [6.07, 6.45) is 6.58. The lowest BCUT2D eigenvalue weighted by molar-refractivity contribution is 0.417. The summed E-state index contributed by atoms with van der Waals surface area (Å²) >= 11 is 0. The molecule has 10 heavy (non-hydrogen) atoms. The molecule has 0 rings (SSSR count). The zero-order chi connectivity index (χ0) is 7.82. The van der Waals surface area contributed by atoms with Gasteiger partial charge in [-0.25, -0.2) is 0 Å². The van der Waals surface area contributed by atoms with Gasteiger partial charge in [0.05, 0.1) is 0 Å². The zero-order valence-corrected chi connectivity index (χ0v) is 7.40. The highest BCUT2D eigenvalue weighted by atomic mass is 14.5. The molecule has 0 aromatic heterocycles. The summed E-state index contributed by atoms with van der Waals surface area (Å²) < 4.78 is 0. The molecule has 0 heterocycles. The third kappa shape index (κ3) is 4.80. The van der Waals surface area contributed by atoms with E-state index in [1.165, 1.54) is 32.1 Å². The molecule has 0 radical (unpaired) electrons. The molecule has 1 heteroatoms. The van der Waals surface area contributed by atoms with Crippen LogP contribution in [0.1, 0.15) is 46.0 Å². The molecule has 2 N–H and O–H groups in total. The first kappa shape index (κ1) is 9.96. The van der Waals surface area contributed by atoms with Crippen molar-refractivity contribution >= 4 is 0 Å². The molecule has 0 bridgehead atoms. The molecular formula is C9H21N. The maximum atomic E-state index is 5.49. The monoisotopic (exact) mass is 143 g/mol. The van der Waals surface area contributed by atoms with Gasteiger partial charge in [0.2, 0.25) is 0 Å². The summed E-state index contributed by atoms with van der Waals surface area (Å²) in [6, 6.07) is 0. The highest BCUT2D eigenvalue weighted by Crippen LogP contribution is 2.15. The van der Waals surface area contributed by atoms with Gasteiger partial charge in [-0.1, -0.05) is 39.5 Å². The Morgan fingerprint density at radius 2 is 1.50 bits per heavy atom. The second kappa shape index (κ2) is 7.07. The topological polar surface area (TPSA) is 26.0 Å². The van der Waals surface area contributed by atoms with Crippen molar-refractivity contribution in [3.05, 3.63) is 0 Å². The van der Waals surface area contributed by atoms with Gasteiger partial charge in [0.15, 0.2) is 0 Å². The fourth-order valence-corrected chi connectivity index (χ4v) is 1.49. The lowest BCUT2D eigenvalue weighted by Gasteiger charge is -2.12. The Balaban J connectivity index is 3.30. The SMILES string of the molecule is CCCC(CCC)CCN. The van der Waals surface area contributed by atoms with Crippen molar-refractivity contribution in [2.24, 2.45) is 11.7 Å². The number of hydrogen-bond acceptors (Lipinski definition) is 1. The summed E-state index contributed by atoms with van der Waals surface area (Å²) in [4.78, 5) is 0. The zero-order valence-electron chi connectivity index (χ0n) is 7.40. The first-order valence-electron chi connectivity index (χ1n) is 4.55. The Labute approximate surface area is 65.0 Å². The number of hydrogen-bond donors (Lipinski definition) is 1. The Morgan fingerprint density at radius 1 is 1.00 bits per heavy atom. The van der Waals surface area contributed by atoms with E-state index < -0.39 is 0 Å². The van der Waals surface area contributed by atoms with Gasteiger partial charge in [0.25, 0.3) is 0 Å². The fraction of sp³-hybridized carbons (Fsp3) is 1.00. The molecule has 0 aromatic rings. The fourth-order valence-electron chi connectivity index (χ4n) is 1.49. The van der Waals surface area contributed by atoms with Crippen LogP contribution in [0, 0.1) is 5.92 Å².